The van der Waals surface area contributed by atoms with Gasteiger partial charge in [-0.05, 0) is 24.1 Å². The summed E-state index contributed by atoms with van der Waals surface area (Å²) in [5.74, 6) is 0. The minimum absolute atomic E-state index is 0.944. The molecule has 0 heterocycles. The maximum Gasteiger partial charge on any atom is 0.0205 e. The van der Waals surface area contributed by atoms with Gasteiger partial charge in [0.2, 0.25) is 0 Å². The predicted molar refractivity (Wildman–Crippen MR) is 78.2 cm³/mol. The molecule has 1 N–H and O–H groups in total. The van der Waals surface area contributed by atoms with Crippen LogP contribution < -0.4 is 5.32 Å². The summed E-state index contributed by atoms with van der Waals surface area (Å²) in [6.45, 7) is 1.96. The van der Waals surface area contributed by atoms with E-state index in [9.17, 15) is 0 Å². The van der Waals surface area contributed by atoms with Crippen molar-refractivity contribution in [2.24, 2.45) is 0 Å². The average molecular weight is 237 g/mol. The Balaban J connectivity index is 1.63. The van der Waals surface area contributed by atoms with Crippen LogP contribution in [-0.4, -0.2) is 6.54 Å². The topological polar surface area (TPSA) is 12.0 Å². The molecule has 0 bridgehead atoms. The maximum absolute atomic E-state index is 3.44. The van der Waals surface area contributed by atoms with Crippen LogP contribution in [0.3, 0.4) is 0 Å². The Kier molecular flexibility index (Phi) is 5.22. The highest BCUT2D eigenvalue weighted by Gasteiger charge is 1.89. The van der Waals surface area contributed by atoms with Crippen LogP contribution >= 0.6 is 0 Å². The van der Waals surface area contributed by atoms with Crippen LogP contribution in [-0.2, 0) is 6.54 Å². The zero-order valence-corrected chi connectivity index (χ0v) is 10.5. The van der Waals surface area contributed by atoms with Crippen molar-refractivity contribution in [3.05, 3.63) is 77.9 Å². The van der Waals surface area contributed by atoms with Crippen molar-refractivity contribution >= 4 is 6.08 Å². The predicted octanol–water partition coefficient (Wildman–Crippen LogP) is 3.88. The van der Waals surface area contributed by atoms with Gasteiger partial charge in [0, 0.05) is 6.54 Å². The van der Waals surface area contributed by atoms with Gasteiger partial charge in [-0.25, -0.2) is 0 Å². The van der Waals surface area contributed by atoms with Gasteiger partial charge in [-0.15, -0.1) is 0 Å². The third kappa shape index (κ3) is 4.56. The van der Waals surface area contributed by atoms with Gasteiger partial charge >= 0.3 is 0 Å². The first-order valence-electron chi connectivity index (χ1n) is 6.41. The summed E-state index contributed by atoms with van der Waals surface area (Å²) in [4.78, 5) is 0. The van der Waals surface area contributed by atoms with Crippen molar-refractivity contribution in [1.29, 1.82) is 0 Å². The van der Waals surface area contributed by atoms with Crippen LogP contribution in [0.2, 0.25) is 0 Å². The lowest BCUT2D eigenvalue weighted by atomic mass is 10.2. The first kappa shape index (κ1) is 12.6. The van der Waals surface area contributed by atoms with E-state index in [1.807, 2.05) is 12.1 Å². The molecule has 92 valence electrons. The van der Waals surface area contributed by atoms with E-state index in [-0.39, 0.29) is 0 Å². The summed E-state index contributed by atoms with van der Waals surface area (Å²) in [6, 6.07) is 20.9. The van der Waals surface area contributed by atoms with E-state index in [4.69, 9.17) is 0 Å². The van der Waals surface area contributed by atoms with Gasteiger partial charge in [0.25, 0.3) is 0 Å². The fourth-order valence-corrected chi connectivity index (χ4v) is 1.80. The average Bonchev–Trinajstić information content (AvgIpc) is 2.45. The lowest BCUT2D eigenvalue weighted by molar-refractivity contribution is 0.696. The lowest BCUT2D eigenvalue weighted by Gasteiger charge is -2.02. The zero-order chi connectivity index (χ0) is 12.5. The van der Waals surface area contributed by atoms with Crippen molar-refractivity contribution < 1.29 is 0 Å². The highest BCUT2D eigenvalue weighted by atomic mass is 14.8. The van der Waals surface area contributed by atoms with Crippen molar-refractivity contribution in [3.63, 3.8) is 0 Å². The van der Waals surface area contributed by atoms with E-state index in [1.165, 1.54) is 11.1 Å². The Bertz CT molecular complexity index is 459. The molecule has 0 saturated heterocycles. The van der Waals surface area contributed by atoms with Crippen LogP contribution in [0, 0.1) is 0 Å². The zero-order valence-electron chi connectivity index (χ0n) is 10.5. The summed E-state index contributed by atoms with van der Waals surface area (Å²) < 4.78 is 0. The third-order valence-corrected chi connectivity index (χ3v) is 2.77. The van der Waals surface area contributed by atoms with Gasteiger partial charge in [0.05, 0.1) is 0 Å². The van der Waals surface area contributed by atoms with E-state index >= 15 is 0 Å². The summed E-state index contributed by atoms with van der Waals surface area (Å²) in [5, 5.41) is 3.44. The van der Waals surface area contributed by atoms with Crippen molar-refractivity contribution in [2.45, 2.75) is 13.0 Å². The fraction of sp³-hybridized carbons (Fsp3) is 0.176. The minimum Gasteiger partial charge on any atom is -0.312 e. The molecule has 0 aliphatic rings. The monoisotopic (exact) mass is 237 g/mol. The molecule has 18 heavy (non-hydrogen) atoms. The molecule has 1 heteroatoms. The van der Waals surface area contributed by atoms with Gasteiger partial charge in [0.1, 0.15) is 0 Å². The molecule has 2 rings (SSSR count). The van der Waals surface area contributed by atoms with Crippen LogP contribution in [0.15, 0.2) is 66.7 Å². The van der Waals surface area contributed by atoms with Gasteiger partial charge < -0.3 is 5.32 Å². The second kappa shape index (κ2) is 7.46. The van der Waals surface area contributed by atoms with Crippen LogP contribution in [0.1, 0.15) is 17.5 Å². The summed E-state index contributed by atoms with van der Waals surface area (Å²) >= 11 is 0. The van der Waals surface area contributed by atoms with Crippen LogP contribution in [0.25, 0.3) is 6.08 Å². The number of hydrogen-bond donors (Lipinski definition) is 1. The molecular weight excluding hydrogens is 218 g/mol. The Hall–Kier alpha value is -1.86. The molecular formula is C17H19N. The molecule has 0 amide bonds. The normalized spacial score (nSPS) is 10.9. The van der Waals surface area contributed by atoms with Gasteiger partial charge in [-0.2, -0.15) is 0 Å². The van der Waals surface area contributed by atoms with Crippen LogP contribution in [0.5, 0.6) is 0 Å². The van der Waals surface area contributed by atoms with Crippen molar-refractivity contribution in [1.82, 2.24) is 5.32 Å². The molecule has 0 aromatic heterocycles. The Morgan fingerprint density at radius 2 is 1.50 bits per heavy atom. The van der Waals surface area contributed by atoms with Crippen LogP contribution in [0.4, 0.5) is 0 Å². The first-order valence-corrected chi connectivity index (χ1v) is 6.41. The molecule has 0 spiro atoms. The van der Waals surface area contributed by atoms with Gasteiger partial charge in [0.15, 0.2) is 0 Å². The smallest absolute Gasteiger partial charge is 0.0205 e. The molecule has 0 unspecified atom stereocenters. The highest BCUT2D eigenvalue weighted by Crippen LogP contribution is 2.01. The summed E-state index contributed by atoms with van der Waals surface area (Å²) in [5.41, 5.74) is 2.60. The van der Waals surface area contributed by atoms with Crippen molar-refractivity contribution in [2.75, 3.05) is 6.54 Å². The minimum atomic E-state index is 0.944. The van der Waals surface area contributed by atoms with E-state index in [0.717, 1.165) is 19.5 Å². The summed E-state index contributed by atoms with van der Waals surface area (Å²) in [7, 11) is 0. The standard InChI is InChI=1S/C17H19N/c1-3-9-16(10-4-1)11-7-8-14-18-15-17-12-5-2-6-13-17/h1-7,9-13,18H,8,14-15H2. The highest BCUT2D eigenvalue weighted by molar-refractivity contribution is 5.48. The molecule has 1 nitrogen and oxygen atoms in total. The molecule has 0 atom stereocenters. The van der Waals surface area contributed by atoms with E-state index in [0.29, 0.717) is 0 Å². The van der Waals surface area contributed by atoms with Gasteiger partial charge in [-0.3, -0.25) is 0 Å². The molecule has 0 saturated carbocycles. The molecule has 0 aliphatic carbocycles. The van der Waals surface area contributed by atoms with Crippen molar-refractivity contribution in [3.8, 4) is 0 Å². The maximum atomic E-state index is 3.44. The molecule has 0 aliphatic heterocycles. The van der Waals surface area contributed by atoms with E-state index in [1.54, 1.807) is 0 Å². The Labute approximate surface area is 109 Å². The third-order valence-electron chi connectivity index (χ3n) is 2.77. The van der Waals surface area contributed by atoms with Gasteiger partial charge in [-0.1, -0.05) is 72.8 Å². The number of hydrogen-bond acceptors (Lipinski definition) is 1. The van der Waals surface area contributed by atoms with E-state index < -0.39 is 0 Å². The quantitative estimate of drug-likeness (QED) is 0.752. The lowest BCUT2D eigenvalue weighted by Crippen LogP contribution is -2.13. The fourth-order valence-electron chi connectivity index (χ4n) is 1.80. The summed E-state index contributed by atoms with van der Waals surface area (Å²) in [6.07, 6.45) is 5.44. The van der Waals surface area contributed by atoms with E-state index in [2.05, 4.69) is 66.0 Å². The molecule has 2 aromatic carbocycles. The number of benzene rings is 2. The SMILES string of the molecule is C(=Cc1ccccc1)CCNCc1ccccc1. The Morgan fingerprint density at radius 3 is 2.22 bits per heavy atom. The number of rotatable bonds is 6. The number of nitrogens with one attached hydrogen (secondary N) is 1. The molecule has 2 aromatic rings. The second-order valence-corrected chi connectivity index (χ2v) is 4.26. The first-order chi connectivity index (χ1) is 8.95. The second-order valence-electron chi connectivity index (χ2n) is 4.26. The molecule has 0 fully saturated rings. The molecule has 0 radical (unpaired) electrons. The Morgan fingerprint density at radius 1 is 0.833 bits per heavy atom. The largest absolute Gasteiger partial charge is 0.312 e.